The number of rotatable bonds is 6. The second-order valence-corrected chi connectivity index (χ2v) is 6.59. The maximum absolute atomic E-state index is 12.8. The molecule has 0 aliphatic carbocycles. The third kappa shape index (κ3) is 3.01. The Morgan fingerprint density at radius 1 is 0.905 bits per heavy atom. The van der Waals surface area contributed by atoms with Crippen molar-refractivity contribution in [3.8, 4) is 0 Å². The van der Waals surface area contributed by atoms with Crippen LogP contribution < -0.4 is 17.2 Å². The molecule has 0 spiro atoms. The van der Waals surface area contributed by atoms with Gasteiger partial charge in [0, 0.05) is 42.6 Å². The lowest BCUT2D eigenvalue weighted by Crippen LogP contribution is -2.38. The van der Waals surface area contributed by atoms with Crippen LogP contribution in [0.25, 0.3) is 10.8 Å². The van der Waals surface area contributed by atoms with Crippen LogP contribution in [0, 0.1) is 0 Å². The monoisotopic (exact) mass is 308 g/mol. The maximum atomic E-state index is 12.8. The van der Waals surface area contributed by atoms with Crippen LogP contribution in [-0.4, -0.2) is 38.9 Å². The number of benzene rings is 2. The van der Waals surface area contributed by atoms with Crippen molar-refractivity contribution in [2.75, 3.05) is 31.9 Å². The summed E-state index contributed by atoms with van der Waals surface area (Å²) in [4.78, 5) is 0.231. The van der Waals surface area contributed by atoms with Gasteiger partial charge >= 0.3 is 0 Å². The molecule has 0 unspecified atom stereocenters. The lowest BCUT2D eigenvalue weighted by atomic mass is 10.1. The highest BCUT2D eigenvalue weighted by Crippen LogP contribution is 2.28. The van der Waals surface area contributed by atoms with Crippen molar-refractivity contribution in [2.45, 2.75) is 4.90 Å². The molecule has 2 rings (SSSR count). The summed E-state index contributed by atoms with van der Waals surface area (Å²) < 4.78 is 26.9. The number of nitrogens with two attached hydrogens (primary N) is 3. The number of sulfonamides is 1. The average Bonchev–Trinajstić information content (AvgIpc) is 2.47. The number of nitrogen functional groups attached to an aromatic ring is 1. The van der Waals surface area contributed by atoms with Gasteiger partial charge in [0.15, 0.2) is 0 Å². The van der Waals surface area contributed by atoms with E-state index in [4.69, 9.17) is 17.2 Å². The number of hydrogen-bond acceptors (Lipinski definition) is 5. The van der Waals surface area contributed by atoms with Crippen molar-refractivity contribution in [1.82, 2.24) is 4.31 Å². The summed E-state index contributed by atoms with van der Waals surface area (Å²) in [6.45, 7) is 0.953. The molecule has 0 saturated carbocycles. The van der Waals surface area contributed by atoms with E-state index in [-0.39, 0.29) is 31.1 Å². The molecule has 6 N–H and O–H groups in total. The Labute approximate surface area is 124 Å². The predicted octanol–water partition coefficient (Wildman–Crippen LogP) is 0.330. The highest BCUT2D eigenvalue weighted by Gasteiger charge is 2.25. The molecule has 2 aromatic carbocycles. The number of fused-ring (bicyclic) bond motifs is 1. The smallest absolute Gasteiger partial charge is 0.243 e. The number of anilines is 1. The summed E-state index contributed by atoms with van der Waals surface area (Å²) in [6, 6.07) is 10.3. The second kappa shape index (κ2) is 6.40. The van der Waals surface area contributed by atoms with Crippen molar-refractivity contribution in [3.63, 3.8) is 0 Å². The summed E-state index contributed by atoms with van der Waals surface area (Å²) in [5.41, 5.74) is 17.5. The Morgan fingerprint density at radius 2 is 1.48 bits per heavy atom. The van der Waals surface area contributed by atoms with Crippen LogP contribution >= 0.6 is 0 Å². The predicted molar refractivity (Wildman–Crippen MR) is 85.2 cm³/mol. The molecule has 2 aromatic rings. The summed E-state index contributed by atoms with van der Waals surface area (Å²) >= 11 is 0. The van der Waals surface area contributed by atoms with Gasteiger partial charge in [-0.25, -0.2) is 8.42 Å². The lowest BCUT2D eigenvalue weighted by molar-refractivity contribution is 0.426. The van der Waals surface area contributed by atoms with Gasteiger partial charge in [0.25, 0.3) is 0 Å². The molecular weight excluding hydrogens is 288 g/mol. The zero-order chi connectivity index (χ0) is 15.5. The van der Waals surface area contributed by atoms with Crippen molar-refractivity contribution in [3.05, 3.63) is 36.4 Å². The molecule has 0 amide bonds. The molecule has 7 heteroatoms. The average molecular weight is 308 g/mol. The summed E-state index contributed by atoms with van der Waals surface area (Å²) in [6.07, 6.45) is 0. The van der Waals surface area contributed by atoms with E-state index < -0.39 is 10.0 Å². The Kier molecular flexibility index (Phi) is 4.79. The van der Waals surface area contributed by atoms with Crippen LogP contribution in [0.4, 0.5) is 5.69 Å². The van der Waals surface area contributed by atoms with E-state index in [0.717, 1.165) is 5.39 Å². The van der Waals surface area contributed by atoms with Gasteiger partial charge in [0.2, 0.25) is 10.0 Å². The van der Waals surface area contributed by atoms with Crippen LogP contribution in [0.2, 0.25) is 0 Å². The molecule has 6 nitrogen and oxygen atoms in total. The molecule has 0 heterocycles. The minimum absolute atomic E-state index is 0.231. The van der Waals surface area contributed by atoms with Gasteiger partial charge in [-0.1, -0.05) is 24.3 Å². The van der Waals surface area contributed by atoms with E-state index in [1.165, 1.54) is 4.31 Å². The Morgan fingerprint density at radius 3 is 2.10 bits per heavy atom. The van der Waals surface area contributed by atoms with Crippen molar-refractivity contribution in [1.29, 1.82) is 0 Å². The van der Waals surface area contributed by atoms with Gasteiger partial charge in [-0.15, -0.1) is 0 Å². The fourth-order valence-electron chi connectivity index (χ4n) is 2.31. The topological polar surface area (TPSA) is 115 Å². The van der Waals surface area contributed by atoms with E-state index >= 15 is 0 Å². The number of nitrogens with zero attached hydrogens (tertiary/aromatic N) is 1. The molecule has 0 saturated heterocycles. The molecule has 0 aliphatic rings. The van der Waals surface area contributed by atoms with Gasteiger partial charge in [0.1, 0.15) is 0 Å². The fourth-order valence-corrected chi connectivity index (χ4v) is 3.99. The van der Waals surface area contributed by atoms with Gasteiger partial charge < -0.3 is 17.2 Å². The van der Waals surface area contributed by atoms with Crippen LogP contribution in [0.1, 0.15) is 0 Å². The highest BCUT2D eigenvalue weighted by atomic mass is 32.2. The third-order valence-corrected chi connectivity index (χ3v) is 5.25. The van der Waals surface area contributed by atoms with Gasteiger partial charge in [0.05, 0.1) is 4.90 Å². The van der Waals surface area contributed by atoms with Crippen LogP contribution in [-0.2, 0) is 10.0 Å². The number of hydrogen-bond donors (Lipinski definition) is 3. The minimum Gasteiger partial charge on any atom is -0.398 e. The van der Waals surface area contributed by atoms with Crippen molar-refractivity contribution < 1.29 is 8.42 Å². The quantitative estimate of drug-likeness (QED) is 0.665. The van der Waals surface area contributed by atoms with E-state index in [1.807, 2.05) is 0 Å². The Bertz CT molecular complexity index is 725. The molecule has 21 heavy (non-hydrogen) atoms. The van der Waals surface area contributed by atoms with Crippen molar-refractivity contribution >= 4 is 26.5 Å². The van der Waals surface area contributed by atoms with E-state index in [2.05, 4.69) is 0 Å². The first-order chi connectivity index (χ1) is 10.0. The molecule has 0 aliphatic heterocycles. The molecule has 0 bridgehead atoms. The standard InChI is InChI=1S/C14H20N4O2S/c15-7-9-18(10-8-16)21(19,20)14-6-2-3-11-12(14)4-1-5-13(11)17/h1-6H,7-10,15-17H2. The molecule has 0 radical (unpaired) electrons. The zero-order valence-corrected chi connectivity index (χ0v) is 12.5. The first kappa shape index (κ1) is 15.7. The molecular formula is C14H20N4O2S. The second-order valence-electron chi connectivity index (χ2n) is 4.68. The van der Waals surface area contributed by atoms with Gasteiger partial charge in [-0.05, 0) is 12.1 Å². The molecule has 0 atom stereocenters. The van der Waals surface area contributed by atoms with E-state index in [9.17, 15) is 8.42 Å². The maximum Gasteiger partial charge on any atom is 0.243 e. The Hall–Kier alpha value is -1.67. The summed E-state index contributed by atoms with van der Waals surface area (Å²) in [7, 11) is -3.65. The Balaban J connectivity index is 2.61. The molecule has 0 fully saturated rings. The summed E-state index contributed by atoms with van der Waals surface area (Å²) in [5.74, 6) is 0. The minimum atomic E-state index is -3.65. The van der Waals surface area contributed by atoms with E-state index in [0.29, 0.717) is 11.1 Å². The highest BCUT2D eigenvalue weighted by molar-refractivity contribution is 7.89. The van der Waals surface area contributed by atoms with E-state index in [1.54, 1.807) is 36.4 Å². The SMILES string of the molecule is NCCN(CCN)S(=O)(=O)c1cccc2c(N)cccc12. The van der Waals surface area contributed by atoms with Gasteiger partial charge in [-0.2, -0.15) is 4.31 Å². The van der Waals surface area contributed by atoms with Crippen LogP contribution in [0.5, 0.6) is 0 Å². The van der Waals surface area contributed by atoms with Crippen LogP contribution in [0.15, 0.2) is 41.3 Å². The molecule has 0 aromatic heterocycles. The van der Waals surface area contributed by atoms with Gasteiger partial charge in [-0.3, -0.25) is 0 Å². The summed E-state index contributed by atoms with van der Waals surface area (Å²) in [5, 5.41) is 1.33. The first-order valence-electron chi connectivity index (χ1n) is 6.70. The largest absolute Gasteiger partial charge is 0.398 e. The normalized spacial score (nSPS) is 12.1. The molecule has 114 valence electrons. The first-order valence-corrected chi connectivity index (χ1v) is 8.14. The third-order valence-electron chi connectivity index (χ3n) is 3.29. The fraction of sp³-hybridized carbons (Fsp3) is 0.286. The van der Waals surface area contributed by atoms with Crippen molar-refractivity contribution in [2.24, 2.45) is 11.5 Å². The lowest BCUT2D eigenvalue weighted by Gasteiger charge is -2.21. The zero-order valence-electron chi connectivity index (χ0n) is 11.7. The van der Waals surface area contributed by atoms with Crippen LogP contribution in [0.3, 0.4) is 0 Å².